The Kier molecular flexibility index (Phi) is 4.04. The number of rotatable bonds is 5. The van der Waals surface area contributed by atoms with Crippen molar-refractivity contribution >= 4 is 11.7 Å². The number of carboxylic acid groups (broad SMARTS) is 1. The summed E-state index contributed by atoms with van der Waals surface area (Å²) in [6.45, 7) is 3.30. The summed E-state index contributed by atoms with van der Waals surface area (Å²) in [5, 5.41) is 20.2. The average Bonchev–Trinajstić information content (AvgIpc) is 2.93. The summed E-state index contributed by atoms with van der Waals surface area (Å²) in [5.41, 5.74) is -0.133. The van der Waals surface area contributed by atoms with Crippen molar-refractivity contribution in [3.8, 4) is 0 Å². The summed E-state index contributed by atoms with van der Waals surface area (Å²) in [6, 6.07) is 6.11. The smallest absolute Gasteiger partial charge is 0.324 e. The van der Waals surface area contributed by atoms with E-state index in [0.29, 0.717) is 6.42 Å². The number of aliphatic carboxylic acids is 1. The maximum atomic E-state index is 11.6. The van der Waals surface area contributed by atoms with E-state index in [1.54, 1.807) is 19.1 Å². The first-order valence-corrected chi connectivity index (χ1v) is 6.65. The first-order valence-electron chi connectivity index (χ1n) is 6.65. The van der Waals surface area contributed by atoms with Gasteiger partial charge in [-0.15, -0.1) is 0 Å². The van der Waals surface area contributed by atoms with Gasteiger partial charge < -0.3 is 5.11 Å². The summed E-state index contributed by atoms with van der Waals surface area (Å²) in [4.78, 5) is 23.8. The van der Waals surface area contributed by atoms with Crippen molar-refractivity contribution in [2.45, 2.75) is 31.7 Å². The van der Waals surface area contributed by atoms with Crippen LogP contribution in [0, 0.1) is 10.1 Å². The molecule has 0 bridgehead atoms. The molecule has 0 aliphatic carbocycles. The highest BCUT2D eigenvalue weighted by molar-refractivity contribution is 5.78. The number of likely N-dealkylation sites (tertiary alicyclic amines) is 1. The van der Waals surface area contributed by atoms with E-state index < -0.39 is 16.4 Å². The zero-order valence-electron chi connectivity index (χ0n) is 11.4. The number of benzene rings is 1. The van der Waals surface area contributed by atoms with Crippen LogP contribution in [0.4, 0.5) is 5.69 Å². The van der Waals surface area contributed by atoms with Crippen LogP contribution >= 0.6 is 0 Å². The Labute approximate surface area is 117 Å². The number of hydrogen-bond acceptors (Lipinski definition) is 4. The van der Waals surface area contributed by atoms with Crippen LogP contribution in [0.15, 0.2) is 24.3 Å². The van der Waals surface area contributed by atoms with E-state index in [-0.39, 0.29) is 5.69 Å². The quantitative estimate of drug-likeness (QED) is 0.658. The molecule has 1 saturated heterocycles. The predicted molar refractivity (Wildman–Crippen MR) is 73.6 cm³/mol. The van der Waals surface area contributed by atoms with Gasteiger partial charge in [0.1, 0.15) is 5.54 Å². The minimum Gasteiger partial charge on any atom is -0.480 e. The molecule has 6 nitrogen and oxygen atoms in total. The Morgan fingerprint density at radius 1 is 1.35 bits per heavy atom. The summed E-state index contributed by atoms with van der Waals surface area (Å²) >= 11 is 0. The van der Waals surface area contributed by atoms with Crippen LogP contribution in [0.3, 0.4) is 0 Å². The van der Waals surface area contributed by atoms with Crippen molar-refractivity contribution in [2.24, 2.45) is 0 Å². The van der Waals surface area contributed by atoms with E-state index in [2.05, 4.69) is 0 Å². The maximum Gasteiger partial charge on any atom is 0.324 e. The Morgan fingerprint density at radius 2 is 1.90 bits per heavy atom. The van der Waals surface area contributed by atoms with Gasteiger partial charge in [-0.2, -0.15) is 0 Å². The topological polar surface area (TPSA) is 83.7 Å². The number of non-ortho nitro benzene ring substituents is 1. The zero-order chi connectivity index (χ0) is 14.8. The Hall–Kier alpha value is -1.95. The fourth-order valence-electron chi connectivity index (χ4n) is 2.67. The molecule has 6 heteroatoms. The fraction of sp³-hybridized carbons (Fsp3) is 0.500. The number of carbonyl (C=O) groups is 1. The van der Waals surface area contributed by atoms with E-state index >= 15 is 0 Å². The zero-order valence-corrected chi connectivity index (χ0v) is 11.4. The van der Waals surface area contributed by atoms with Crippen molar-refractivity contribution < 1.29 is 14.8 Å². The monoisotopic (exact) mass is 278 g/mol. The molecule has 20 heavy (non-hydrogen) atoms. The van der Waals surface area contributed by atoms with Gasteiger partial charge in [0, 0.05) is 18.6 Å². The number of nitro benzene ring substituents is 1. The summed E-state index contributed by atoms with van der Waals surface area (Å²) in [5.74, 6) is -0.849. The SMILES string of the molecule is CC(Cc1ccc([N+](=O)[O-])cc1)(C(=O)O)N1CCCC1. The second-order valence-corrected chi connectivity index (χ2v) is 5.37. The molecule has 0 radical (unpaired) electrons. The standard InChI is InChI=1S/C14H18N2O4/c1-14(13(17)18,15-8-2-3-9-15)10-11-4-6-12(7-5-11)16(19)20/h4-7H,2-3,8-10H2,1H3,(H,17,18). The molecule has 108 valence electrons. The van der Waals surface area contributed by atoms with Crippen molar-refractivity contribution in [1.82, 2.24) is 4.90 Å². The third-order valence-corrected chi connectivity index (χ3v) is 3.96. The molecule has 0 saturated carbocycles. The molecule has 0 aromatic heterocycles. The predicted octanol–water partition coefficient (Wildman–Crippen LogP) is 2.08. The number of nitro groups is 1. The highest BCUT2D eigenvalue weighted by Gasteiger charge is 2.40. The minimum absolute atomic E-state index is 0.0203. The molecule has 1 aliphatic rings. The Bertz CT molecular complexity index is 508. The summed E-state index contributed by atoms with van der Waals surface area (Å²) in [6.07, 6.45) is 2.38. The molecule has 1 aromatic rings. The van der Waals surface area contributed by atoms with Crippen LogP contribution in [-0.4, -0.2) is 39.5 Å². The molecule has 0 amide bonds. The summed E-state index contributed by atoms with van der Waals surface area (Å²) < 4.78 is 0. The molecule has 1 heterocycles. The molecule has 1 unspecified atom stereocenters. The lowest BCUT2D eigenvalue weighted by molar-refractivity contribution is -0.384. The van der Waals surface area contributed by atoms with Crippen LogP contribution < -0.4 is 0 Å². The average molecular weight is 278 g/mol. The molecule has 1 N–H and O–H groups in total. The second kappa shape index (κ2) is 5.58. The minimum atomic E-state index is -0.952. The highest BCUT2D eigenvalue weighted by Crippen LogP contribution is 2.26. The van der Waals surface area contributed by atoms with Crippen LogP contribution in [0.2, 0.25) is 0 Å². The third kappa shape index (κ3) is 2.80. The van der Waals surface area contributed by atoms with E-state index in [1.807, 2.05) is 4.90 Å². The van der Waals surface area contributed by atoms with E-state index in [4.69, 9.17) is 0 Å². The summed E-state index contributed by atoms with van der Waals surface area (Å²) in [7, 11) is 0. The van der Waals surface area contributed by atoms with E-state index in [9.17, 15) is 20.0 Å². The maximum absolute atomic E-state index is 11.6. The van der Waals surface area contributed by atoms with Crippen LogP contribution in [0.1, 0.15) is 25.3 Å². The molecule has 1 atom stereocenters. The van der Waals surface area contributed by atoms with Crippen molar-refractivity contribution in [3.05, 3.63) is 39.9 Å². The largest absolute Gasteiger partial charge is 0.480 e. The van der Waals surface area contributed by atoms with Gasteiger partial charge in [-0.1, -0.05) is 12.1 Å². The number of carboxylic acids is 1. The molecular weight excluding hydrogens is 260 g/mol. The van der Waals surface area contributed by atoms with Gasteiger partial charge >= 0.3 is 5.97 Å². The molecule has 1 fully saturated rings. The van der Waals surface area contributed by atoms with Gasteiger partial charge in [-0.05, 0) is 38.4 Å². The van der Waals surface area contributed by atoms with Gasteiger partial charge in [0.25, 0.3) is 5.69 Å². The first kappa shape index (κ1) is 14.5. The molecular formula is C14H18N2O4. The van der Waals surface area contributed by atoms with Gasteiger partial charge in [0.15, 0.2) is 0 Å². The van der Waals surface area contributed by atoms with Crippen LogP contribution in [-0.2, 0) is 11.2 Å². The van der Waals surface area contributed by atoms with Gasteiger partial charge in [-0.3, -0.25) is 19.8 Å². The molecule has 2 rings (SSSR count). The lowest BCUT2D eigenvalue weighted by Gasteiger charge is -2.35. The van der Waals surface area contributed by atoms with Crippen molar-refractivity contribution in [1.29, 1.82) is 0 Å². The Morgan fingerprint density at radius 3 is 2.35 bits per heavy atom. The first-order chi connectivity index (χ1) is 9.43. The lowest BCUT2D eigenvalue weighted by Crippen LogP contribution is -2.52. The van der Waals surface area contributed by atoms with Crippen LogP contribution in [0.25, 0.3) is 0 Å². The lowest BCUT2D eigenvalue weighted by atomic mass is 9.91. The Balaban J connectivity index is 2.19. The number of hydrogen-bond donors (Lipinski definition) is 1. The van der Waals surface area contributed by atoms with Gasteiger partial charge in [0.2, 0.25) is 0 Å². The second-order valence-electron chi connectivity index (χ2n) is 5.37. The molecule has 1 aromatic carbocycles. The van der Waals surface area contributed by atoms with Crippen LogP contribution in [0.5, 0.6) is 0 Å². The molecule has 1 aliphatic heterocycles. The third-order valence-electron chi connectivity index (χ3n) is 3.96. The van der Waals surface area contributed by atoms with E-state index in [1.165, 1.54) is 12.1 Å². The number of nitrogens with zero attached hydrogens (tertiary/aromatic N) is 2. The van der Waals surface area contributed by atoms with E-state index in [0.717, 1.165) is 31.5 Å². The van der Waals surface area contributed by atoms with Crippen molar-refractivity contribution in [3.63, 3.8) is 0 Å². The van der Waals surface area contributed by atoms with Gasteiger partial charge in [-0.25, -0.2) is 0 Å². The highest BCUT2D eigenvalue weighted by atomic mass is 16.6. The van der Waals surface area contributed by atoms with Crippen molar-refractivity contribution in [2.75, 3.05) is 13.1 Å². The normalized spacial score (nSPS) is 18.6. The van der Waals surface area contributed by atoms with Gasteiger partial charge in [0.05, 0.1) is 4.92 Å². The fourth-order valence-corrected chi connectivity index (χ4v) is 2.67. The molecule has 0 spiro atoms.